The lowest BCUT2D eigenvalue weighted by Gasteiger charge is -2.35. The highest BCUT2D eigenvalue weighted by Gasteiger charge is 2.20. The second-order valence-corrected chi connectivity index (χ2v) is 5.32. The van der Waals surface area contributed by atoms with Crippen LogP contribution in [-0.2, 0) is 4.74 Å². The van der Waals surface area contributed by atoms with Crippen LogP contribution >= 0.6 is 0 Å². The predicted molar refractivity (Wildman–Crippen MR) is 78.6 cm³/mol. The zero-order valence-corrected chi connectivity index (χ0v) is 12.0. The van der Waals surface area contributed by atoms with Gasteiger partial charge in [-0.3, -0.25) is 4.98 Å². The molecule has 4 heteroatoms. The van der Waals surface area contributed by atoms with Crippen LogP contribution in [-0.4, -0.2) is 43.9 Å². The first-order valence-electron chi connectivity index (χ1n) is 7.19. The van der Waals surface area contributed by atoms with Gasteiger partial charge in [0.05, 0.1) is 0 Å². The summed E-state index contributed by atoms with van der Waals surface area (Å²) < 4.78 is 5.12. The number of hydrogen-bond donors (Lipinski definition) is 1. The van der Waals surface area contributed by atoms with Gasteiger partial charge in [0.25, 0.3) is 0 Å². The van der Waals surface area contributed by atoms with Gasteiger partial charge in [-0.2, -0.15) is 0 Å². The van der Waals surface area contributed by atoms with Gasteiger partial charge in [-0.1, -0.05) is 0 Å². The van der Waals surface area contributed by atoms with Crippen LogP contribution in [0, 0.1) is 0 Å². The first-order chi connectivity index (χ1) is 9.29. The number of nitrogens with one attached hydrogen (secondary N) is 1. The average molecular weight is 263 g/mol. The van der Waals surface area contributed by atoms with Gasteiger partial charge in [0.1, 0.15) is 0 Å². The maximum absolute atomic E-state index is 5.12. The third kappa shape index (κ3) is 4.48. The number of nitrogens with zero attached hydrogens (tertiary/aromatic N) is 2. The lowest BCUT2D eigenvalue weighted by molar-refractivity contribution is 0.181. The van der Waals surface area contributed by atoms with Gasteiger partial charge in [0.2, 0.25) is 0 Å². The molecule has 4 nitrogen and oxygen atoms in total. The van der Waals surface area contributed by atoms with E-state index in [2.05, 4.69) is 34.3 Å². The lowest BCUT2D eigenvalue weighted by Crippen LogP contribution is -2.45. The van der Waals surface area contributed by atoms with Crippen LogP contribution in [0.1, 0.15) is 26.2 Å². The van der Waals surface area contributed by atoms with Crippen LogP contribution in [0.3, 0.4) is 0 Å². The molecule has 0 spiro atoms. The monoisotopic (exact) mass is 263 g/mol. The summed E-state index contributed by atoms with van der Waals surface area (Å²) in [4.78, 5) is 6.52. The third-order valence-electron chi connectivity index (χ3n) is 3.80. The summed E-state index contributed by atoms with van der Waals surface area (Å²) in [6.07, 6.45) is 7.24. The van der Waals surface area contributed by atoms with Crippen molar-refractivity contribution in [3.63, 3.8) is 0 Å². The molecule has 19 heavy (non-hydrogen) atoms. The number of piperidine rings is 1. The molecule has 1 atom stereocenters. The number of aromatic nitrogens is 1. The molecule has 1 saturated heterocycles. The van der Waals surface area contributed by atoms with E-state index in [1.54, 1.807) is 7.11 Å². The summed E-state index contributed by atoms with van der Waals surface area (Å²) in [7, 11) is 1.76. The highest BCUT2D eigenvalue weighted by Crippen LogP contribution is 2.19. The summed E-state index contributed by atoms with van der Waals surface area (Å²) >= 11 is 0. The fraction of sp³-hybridized carbons (Fsp3) is 0.667. The van der Waals surface area contributed by atoms with Crippen LogP contribution in [0.15, 0.2) is 24.5 Å². The standard InChI is InChI=1S/C15H25N3O/c1-13(7-12-19-2)17-14-5-10-18(11-6-14)15-3-8-16-9-4-15/h3-4,8-9,13-14,17H,5-7,10-12H2,1-2H3. The topological polar surface area (TPSA) is 37.4 Å². The first-order valence-corrected chi connectivity index (χ1v) is 7.19. The lowest BCUT2D eigenvalue weighted by atomic mass is 10.0. The second-order valence-electron chi connectivity index (χ2n) is 5.32. The maximum Gasteiger partial charge on any atom is 0.0476 e. The van der Waals surface area contributed by atoms with Crippen molar-refractivity contribution in [2.75, 3.05) is 31.7 Å². The van der Waals surface area contributed by atoms with E-state index in [-0.39, 0.29) is 0 Å². The second kappa shape index (κ2) is 7.46. The molecule has 106 valence electrons. The molecule has 0 bridgehead atoms. The smallest absolute Gasteiger partial charge is 0.0476 e. The molecule has 2 heterocycles. The molecule has 0 radical (unpaired) electrons. The Labute approximate surface area is 116 Å². The van der Waals surface area contributed by atoms with Gasteiger partial charge in [0.15, 0.2) is 0 Å². The Balaban J connectivity index is 1.73. The molecule has 1 unspecified atom stereocenters. The van der Waals surface area contributed by atoms with Crippen molar-refractivity contribution in [3.8, 4) is 0 Å². The van der Waals surface area contributed by atoms with Gasteiger partial charge < -0.3 is 15.0 Å². The van der Waals surface area contributed by atoms with Crippen molar-refractivity contribution in [3.05, 3.63) is 24.5 Å². The molecule has 0 aliphatic carbocycles. The number of hydrogen-bond acceptors (Lipinski definition) is 4. The number of pyridine rings is 1. The van der Waals surface area contributed by atoms with Crippen LogP contribution < -0.4 is 10.2 Å². The van der Waals surface area contributed by atoms with Gasteiger partial charge in [-0.05, 0) is 38.3 Å². The molecule has 1 aliphatic rings. The Hall–Kier alpha value is -1.13. The van der Waals surface area contributed by atoms with Gasteiger partial charge in [0, 0.05) is 57.0 Å². The van der Waals surface area contributed by atoms with Crippen molar-refractivity contribution >= 4 is 5.69 Å². The Bertz CT molecular complexity index is 350. The SMILES string of the molecule is COCCC(C)NC1CCN(c2ccncc2)CC1. The van der Waals surface area contributed by atoms with Crippen LogP contribution in [0.25, 0.3) is 0 Å². The fourth-order valence-electron chi connectivity index (χ4n) is 2.64. The summed E-state index contributed by atoms with van der Waals surface area (Å²) in [6.45, 7) is 5.33. The predicted octanol–water partition coefficient (Wildman–Crippen LogP) is 2.06. The molecular formula is C15H25N3O. The molecule has 0 aromatic carbocycles. The largest absolute Gasteiger partial charge is 0.385 e. The quantitative estimate of drug-likeness (QED) is 0.852. The van der Waals surface area contributed by atoms with Crippen LogP contribution in [0.2, 0.25) is 0 Å². The Kier molecular flexibility index (Phi) is 5.61. The molecule has 1 aromatic heterocycles. The minimum atomic E-state index is 0.539. The summed E-state index contributed by atoms with van der Waals surface area (Å²) in [5, 5.41) is 3.71. The van der Waals surface area contributed by atoms with E-state index in [1.807, 2.05) is 12.4 Å². The van der Waals surface area contributed by atoms with E-state index >= 15 is 0 Å². The number of anilines is 1. The van der Waals surface area contributed by atoms with E-state index in [0.717, 1.165) is 26.1 Å². The number of rotatable bonds is 6. The minimum Gasteiger partial charge on any atom is -0.385 e. The molecule has 1 aromatic rings. The van der Waals surface area contributed by atoms with Crippen molar-refractivity contribution in [1.82, 2.24) is 10.3 Å². The van der Waals surface area contributed by atoms with Crippen LogP contribution in [0.4, 0.5) is 5.69 Å². The first kappa shape index (κ1) is 14.3. The fourth-order valence-corrected chi connectivity index (χ4v) is 2.64. The van der Waals surface area contributed by atoms with E-state index in [0.29, 0.717) is 12.1 Å². The molecule has 0 amide bonds. The van der Waals surface area contributed by atoms with Gasteiger partial charge in [-0.15, -0.1) is 0 Å². The van der Waals surface area contributed by atoms with Crippen molar-refractivity contribution in [1.29, 1.82) is 0 Å². The Morgan fingerprint density at radius 2 is 2.05 bits per heavy atom. The third-order valence-corrected chi connectivity index (χ3v) is 3.80. The summed E-state index contributed by atoms with van der Waals surface area (Å²) in [5.41, 5.74) is 1.29. The number of methoxy groups -OCH3 is 1. The summed E-state index contributed by atoms with van der Waals surface area (Å²) in [6, 6.07) is 5.37. The molecule has 0 saturated carbocycles. The molecule has 2 rings (SSSR count). The zero-order valence-electron chi connectivity index (χ0n) is 12.0. The molecule has 1 fully saturated rings. The minimum absolute atomic E-state index is 0.539. The number of ether oxygens (including phenoxy) is 1. The van der Waals surface area contributed by atoms with E-state index in [9.17, 15) is 0 Å². The molecule has 1 aliphatic heterocycles. The summed E-state index contributed by atoms with van der Waals surface area (Å²) in [5.74, 6) is 0. The van der Waals surface area contributed by atoms with E-state index < -0.39 is 0 Å². The zero-order chi connectivity index (χ0) is 13.5. The van der Waals surface area contributed by atoms with Crippen LogP contribution in [0.5, 0.6) is 0 Å². The van der Waals surface area contributed by atoms with Crippen molar-refractivity contribution in [2.24, 2.45) is 0 Å². The highest BCUT2D eigenvalue weighted by molar-refractivity contribution is 5.44. The normalized spacial score (nSPS) is 18.5. The van der Waals surface area contributed by atoms with E-state index in [4.69, 9.17) is 4.74 Å². The van der Waals surface area contributed by atoms with Gasteiger partial charge in [-0.25, -0.2) is 0 Å². The molecular weight excluding hydrogens is 238 g/mol. The maximum atomic E-state index is 5.12. The molecule has 1 N–H and O–H groups in total. The highest BCUT2D eigenvalue weighted by atomic mass is 16.5. The Morgan fingerprint density at radius 3 is 2.68 bits per heavy atom. The van der Waals surface area contributed by atoms with Crippen molar-refractivity contribution < 1.29 is 4.74 Å². The Morgan fingerprint density at radius 1 is 1.37 bits per heavy atom. The average Bonchev–Trinajstić information content (AvgIpc) is 2.47. The van der Waals surface area contributed by atoms with E-state index in [1.165, 1.54) is 18.5 Å². The van der Waals surface area contributed by atoms with Gasteiger partial charge >= 0.3 is 0 Å². The van der Waals surface area contributed by atoms with Crippen molar-refractivity contribution in [2.45, 2.75) is 38.3 Å².